The molecule has 1 atom stereocenters. The Labute approximate surface area is 181 Å². The minimum Gasteiger partial charge on any atom is -0.370 e. The van der Waals surface area contributed by atoms with E-state index in [1.165, 1.54) is 12.6 Å². The number of rotatable bonds is 5. The number of para-hydroxylation sites is 1. The molecule has 31 heavy (non-hydrogen) atoms. The van der Waals surface area contributed by atoms with Crippen LogP contribution in [0.5, 0.6) is 0 Å². The largest absolute Gasteiger partial charge is 0.370 e. The zero-order chi connectivity index (χ0) is 21.6. The molecule has 158 valence electrons. The number of aliphatic imine (C=N–C) groups is 1. The Morgan fingerprint density at radius 1 is 1.06 bits per heavy atom. The normalized spacial score (nSPS) is 18.9. The Morgan fingerprint density at radius 2 is 1.77 bits per heavy atom. The Kier molecular flexibility index (Phi) is 6.21. The summed E-state index contributed by atoms with van der Waals surface area (Å²) < 4.78 is 0. The van der Waals surface area contributed by atoms with Crippen LogP contribution >= 0.6 is 0 Å². The summed E-state index contributed by atoms with van der Waals surface area (Å²) in [7, 11) is 0. The molecule has 0 bridgehead atoms. The Balaban J connectivity index is 1.63. The number of benzene rings is 2. The average Bonchev–Trinajstić information content (AvgIpc) is 2.95. The fraction of sp³-hybridized carbons (Fsp3) is 0.250. The molecule has 1 unspecified atom stereocenters. The van der Waals surface area contributed by atoms with Gasteiger partial charge in [0.1, 0.15) is 5.84 Å². The Bertz CT molecular complexity index is 1040. The summed E-state index contributed by atoms with van der Waals surface area (Å²) >= 11 is 0. The molecule has 2 heterocycles. The smallest absolute Gasteiger partial charge is 0.269 e. The molecule has 1 amide bonds. The van der Waals surface area contributed by atoms with Crippen LogP contribution in [0.1, 0.15) is 30.4 Å². The summed E-state index contributed by atoms with van der Waals surface area (Å²) in [5.41, 5.74) is 3.78. The van der Waals surface area contributed by atoms with Gasteiger partial charge in [-0.3, -0.25) is 10.2 Å². The first-order valence-corrected chi connectivity index (χ1v) is 10.5. The molecule has 4 rings (SSSR count). The van der Waals surface area contributed by atoms with E-state index >= 15 is 0 Å². The molecule has 0 saturated carbocycles. The van der Waals surface area contributed by atoms with Crippen LogP contribution in [0.2, 0.25) is 0 Å². The first-order valence-electron chi connectivity index (χ1n) is 10.5. The molecule has 0 radical (unpaired) electrons. The minimum atomic E-state index is -0.959. The fourth-order valence-corrected chi connectivity index (χ4v) is 3.89. The summed E-state index contributed by atoms with van der Waals surface area (Å²) in [6, 6.07) is 17.3. The standard InChI is InChI=1S/C24H26N6O/c25-16-18(30-13-7-2-8-14-30)15-21(26)28-23-24(31)27-20-12-6-5-11-19(20)22(29-23)17-9-3-1-4-10-17/h1,3-6,9-12,15-16,23,25H,2,7-8,13-14H2,(H2,26,28)(H,27,31)/b18-15+,25-16?. The monoisotopic (exact) mass is 414 g/mol. The van der Waals surface area contributed by atoms with E-state index in [1.54, 1.807) is 6.08 Å². The van der Waals surface area contributed by atoms with Gasteiger partial charge in [0.2, 0.25) is 6.17 Å². The lowest BCUT2D eigenvalue weighted by Gasteiger charge is -2.29. The summed E-state index contributed by atoms with van der Waals surface area (Å²) in [5, 5.41) is 22.0. The highest BCUT2D eigenvalue weighted by molar-refractivity contribution is 6.20. The highest BCUT2D eigenvalue weighted by Crippen LogP contribution is 2.23. The molecule has 2 aliphatic heterocycles. The lowest BCUT2D eigenvalue weighted by molar-refractivity contribution is -0.117. The average molecular weight is 415 g/mol. The topological polar surface area (TPSA) is 104 Å². The number of hydrogen-bond acceptors (Lipinski definition) is 5. The number of nitrogens with zero attached hydrogens (tertiary/aromatic N) is 2. The Hall–Kier alpha value is -3.74. The molecule has 4 N–H and O–H groups in total. The number of likely N-dealkylation sites (tertiary alicyclic amines) is 1. The van der Waals surface area contributed by atoms with E-state index in [1.807, 2.05) is 54.6 Å². The van der Waals surface area contributed by atoms with Gasteiger partial charge in [-0.15, -0.1) is 0 Å². The van der Waals surface area contributed by atoms with Crippen molar-refractivity contribution < 1.29 is 4.79 Å². The number of carbonyl (C=O) groups is 1. The molecular formula is C24H26N6O. The number of benzodiazepines with no additional fused rings is 1. The van der Waals surface area contributed by atoms with Crippen LogP contribution < -0.4 is 10.6 Å². The van der Waals surface area contributed by atoms with Crippen molar-refractivity contribution in [2.45, 2.75) is 25.4 Å². The maximum absolute atomic E-state index is 12.9. The summed E-state index contributed by atoms with van der Waals surface area (Å²) in [4.78, 5) is 19.7. The van der Waals surface area contributed by atoms with E-state index in [2.05, 4.69) is 15.5 Å². The second kappa shape index (κ2) is 9.38. The van der Waals surface area contributed by atoms with Gasteiger partial charge in [-0.1, -0.05) is 48.5 Å². The summed E-state index contributed by atoms with van der Waals surface area (Å²) in [5.74, 6) is -0.280. The SMILES string of the molecule is N=C/C(=C\C(=N)NC1N=C(c2ccccc2)c2ccccc2NC1=O)N1CCCCC1. The number of amidine groups is 1. The number of anilines is 1. The molecule has 0 spiro atoms. The third-order valence-corrected chi connectivity index (χ3v) is 5.45. The van der Waals surface area contributed by atoms with Crippen LogP contribution in [0.15, 0.2) is 71.4 Å². The number of fused-ring (bicyclic) bond motifs is 1. The highest BCUT2D eigenvalue weighted by Gasteiger charge is 2.26. The van der Waals surface area contributed by atoms with Crippen molar-refractivity contribution in [2.75, 3.05) is 18.4 Å². The molecule has 2 aromatic carbocycles. The van der Waals surface area contributed by atoms with Crippen LogP contribution in [-0.2, 0) is 4.79 Å². The van der Waals surface area contributed by atoms with Gasteiger partial charge in [-0.2, -0.15) is 0 Å². The van der Waals surface area contributed by atoms with Crippen LogP contribution in [0.3, 0.4) is 0 Å². The third-order valence-electron chi connectivity index (χ3n) is 5.45. The number of piperidine rings is 1. The first kappa shape index (κ1) is 20.5. The quantitative estimate of drug-likeness (QED) is 0.445. The molecule has 7 heteroatoms. The minimum absolute atomic E-state index is 0.0475. The van der Waals surface area contributed by atoms with Gasteiger partial charge in [0, 0.05) is 36.5 Å². The molecule has 2 aliphatic rings. The van der Waals surface area contributed by atoms with Crippen molar-refractivity contribution in [2.24, 2.45) is 4.99 Å². The van der Waals surface area contributed by atoms with Gasteiger partial charge >= 0.3 is 0 Å². The van der Waals surface area contributed by atoms with Gasteiger partial charge in [0.05, 0.1) is 17.1 Å². The summed E-state index contributed by atoms with van der Waals surface area (Å²) in [6.45, 7) is 1.76. The van der Waals surface area contributed by atoms with E-state index in [0.717, 1.165) is 37.1 Å². The van der Waals surface area contributed by atoms with Gasteiger partial charge in [0.25, 0.3) is 5.91 Å². The molecule has 2 aromatic rings. The second-order valence-corrected chi connectivity index (χ2v) is 7.60. The first-order chi connectivity index (χ1) is 15.2. The van der Waals surface area contributed by atoms with Crippen LogP contribution in [-0.4, -0.2) is 47.8 Å². The van der Waals surface area contributed by atoms with E-state index in [0.29, 0.717) is 17.1 Å². The van der Waals surface area contributed by atoms with Crippen molar-refractivity contribution in [3.8, 4) is 0 Å². The van der Waals surface area contributed by atoms with Crippen molar-refractivity contribution in [1.82, 2.24) is 10.2 Å². The summed E-state index contributed by atoms with van der Waals surface area (Å²) in [6.07, 6.45) is 5.27. The zero-order valence-electron chi connectivity index (χ0n) is 17.3. The lowest BCUT2D eigenvalue weighted by atomic mass is 10.0. The predicted octanol–water partition coefficient (Wildman–Crippen LogP) is 3.39. The van der Waals surface area contributed by atoms with E-state index in [9.17, 15) is 4.79 Å². The van der Waals surface area contributed by atoms with Crippen molar-refractivity contribution in [3.05, 3.63) is 77.5 Å². The van der Waals surface area contributed by atoms with Crippen LogP contribution in [0.25, 0.3) is 0 Å². The van der Waals surface area contributed by atoms with Crippen molar-refractivity contribution in [3.63, 3.8) is 0 Å². The van der Waals surface area contributed by atoms with Crippen molar-refractivity contribution >= 4 is 29.4 Å². The van der Waals surface area contributed by atoms with Gasteiger partial charge in [-0.05, 0) is 25.3 Å². The van der Waals surface area contributed by atoms with Gasteiger partial charge < -0.3 is 20.9 Å². The molecule has 0 aromatic heterocycles. The van der Waals surface area contributed by atoms with Crippen LogP contribution in [0, 0.1) is 10.8 Å². The molecule has 1 fully saturated rings. The van der Waals surface area contributed by atoms with Gasteiger partial charge in [-0.25, -0.2) is 4.99 Å². The van der Waals surface area contributed by atoms with Crippen LogP contribution in [0.4, 0.5) is 5.69 Å². The second-order valence-electron chi connectivity index (χ2n) is 7.60. The van der Waals surface area contributed by atoms with E-state index in [4.69, 9.17) is 15.8 Å². The lowest BCUT2D eigenvalue weighted by Crippen LogP contribution is -2.42. The highest BCUT2D eigenvalue weighted by atomic mass is 16.2. The third kappa shape index (κ3) is 4.71. The molecule has 0 aliphatic carbocycles. The fourth-order valence-electron chi connectivity index (χ4n) is 3.89. The zero-order valence-corrected chi connectivity index (χ0v) is 17.3. The maximum Gasteiger partial charge on any atom is 0.269 e. The maximum atomic E-state index is 12.9. The van der Waals surface area contributed by atoms with E-state index < -0.39 is 6.17 Å². The number of carbonyl (C=O) groups excluding carboxylic acids is 1. The van der Waals surface area contributed by atoms with Crippen molar-refractivity contribution in [1.29, 1.82) is 10.8 Å². The Morgan fingerprint density at radius 3 is 2.52 bits per heavy atom. The number of allylic oxidation sites excluding steroid dienone is 1. The molecule has 7 nitrogen and oxygen atoms in total. The molecule has 1 saturated heterocycles. The van der Waals surface area contributed by atoms with Gasteiger partial charge in [0.15, 0.2) is 0 Å². The predicted molar refractivity (Wildman–Crippen MR) is 124 cm³/mol. The van der Waals surface area contributed by atoms with E-state index in [-0.39, 0.29) is 11.7 Å². The number of hydrogen-bond donors (Lipinski definition) is 4. The number of nitrogens with one attached hydrogen (secondary N) is 4. The number of amides is 1. The molecular weight excluding hydrogens is 388 g/mol.